The van der Waals surface area contributed by atoms with Crippen LogP contribution in [-0.2, 0) is 0 Å². The fraction of sp³-hybridized carbons (Fsp3) is 0.158. The smallest absolute Gasteiger partial charge is 0.269 e. The van der Waals surface area contributed by atoms with Crippen molar-refractivity contribution < 1.29 is 4.79 Å². The van der Waals surface area contributed by atoms with Gasteiger partial charge in [0.05, 0.1) is 0 Å². The zero-order valence-corrected chi connectivity index (χ0v) is 14.6. The van der Waals surface area contributed by atoms with Crippen molar-refractivity contribution in [2.45, 2.75) is 6.92 Å². The molecule has 0 saturated heterocycles. The number of carbonyl (C=O) groups excluding carboxylic acids is 1. The second-order valence-corrected chi connectivity index (χ2v) is 5.51. The molecule has 6 N–H and O–H groups in total. The van der Waals surface area contributed by atoms with Gasteiger partial charge >= 0.3 is 0 Å². The van der Waals surface area contributed by atoms with Gasteiger partial charge in [-0.2, -0.15) is 0 Å². The van der Waals surface area contributed by atoms with Gasteiger partial charge < -0.3 is 22.1 Å². The molecule has 0 aliphatic heterocycles. The maximum atomic E-state index is 11.8. The molecule has 25 heavy (non-hydrogen) atoms. The molecule has 0 bridgehead atoms. The Bertz CT molecular complexity index is 839. The lowest BCUT2D eigenvalue weighted by Gasteiger charge is -2.11. The highest BCUT2D eigenvalue weighted by Gasteiger charge is 2.09. The van der Waals surface area contributed by atoms with E-state index in [0.29, 0.717) is 17.0 Å². The van der Waals surface area contributed by atoms with Gasteiger partial charge in [-0.3, -0.25) is 9.78 Å². The van der Waals surface area contributed by atoms with Gasteiger partial charge in [-0.05, 0) is 54.0 Å². The normalized spacial score (nSPS) is 12.0. The van der Waals surface area contributed by atoms with E-state index in [1.165, 1.54) is 6.20 Å². The summed E-state index contributed by atoms with van der Waals surface area (Å²) in [4.78, 5) is 15.8. The molecular formula is C19H23N5O. The summed E-state index contributed by atoms with van der Waals surface area (Å²) in [5.41, 5.74) is 17.4. The Kier molecular flexibility index (Phi) is 5.79. The van der Waals surface area contributed by atoms with Gasteiger partial charge in [-0.1, -0.05) is 6.07 Å². The van der Waals surface area contributed by atoms with Crippen LogP contribution in [0.4, 0.5) is 5.69 Å². The van der Waals surface area contributed by atoms with E-state index in [9.17, 15) is 4.79 Å². The van der Waals surface area contributed by atoms with Gasteiger partial charge in [0.15, 0.2) is 0 Å². The SMILES string of the molecule is CNC(=O)c1cc(C(/C=C(\N)c2cc(NC)ccc2C)=C/N)ccn1. The van der Waals surface area contributed by atoms with Crippen molar-refractivity contribution in [2.24, 2.45) is 11.5 Å². The number of nitrogens with zero attached hydrogens (tertiary/aromatic N) is 1. The number of nitrogens with one attached hydrogen (secondary N) is 2. The summed E-state index contributed by atoms with van der Waals surface area (Å²) >= 11 is 0. The number of amides is 1. The number of rotatable bonds is 5. The monoisotopic (exact) mass is 337 g/mol. The van der Waals surface area contributed by atoms with Crippen LogP contribution in [0.5, 0.6) is 0 Å². The van der Waals surface area contributed by atoms with Gasteiger partial charge in [0.1, 0.15) is 5.69 Å². The fourth-order valence-corrected chi connectivity index (χ4v) is 2.42. The Morgan fingerprint density at radius 1 is 1.20 bits per heavy atom. The molecule has 0 unspecified atom stereocenters. The molecule has 2 aromatic rings. The molecule has 0 aliphatic carbocycles. The van der Waals surface area contributed by atoms with Crippen molar-refractivity contribution in [2.75, 3.05) is 19.4 Å². The standard InChI is InChI=1S/C19H23N5O/c1-12-4-5-15(22-2)10-16(12)17(21)8-14(11-20)13-6-7-24-18(9-13)19(25)23-3/h4-11,22H,20-21H2,1-3H3,(H,23,25)/b14-11+,17-8-. The molecule has 0 fully saturated rings. The quantitative estimate of drug-likeness (QED) is 0.625. The second kappa shape index (κ2) is 8.01. The Balaban J connectivity index is 2.42. The lowest BCUT2D eigenvalue weighted by molar-refractivity contribution is 0.0958. The summed E-state index contributed by atoms with van der Waals surface area (Å²) in [6, 6.07) is 9.44. The average Bonchev–Trinajstić information content (AvgIpc) is 2.65. The van der Waals surface area contributed by atoms with Gasteiger partial charge in [-0.25, -0.2) is 0 Å². The maximum absolute atomic E-state index is 11.8. The molecular weight excluding hydrogens is 314 g/mol. The van der Waals surface area contributed by atoms with E-state index >= 15 is 0 Å². The number of allylic oxidation sites excluding steroid dienone is 2. The Labute approximate surface area is 147 Å². The topological polar surface area (TPSA) is 106 Å². The van der Waals surface area contributed by atoms with Crippen LogP contribution in [0.3, 0.4) is 0 Å². The van der Waals surface area contributed by atoms with Crippen molar-refractivity contribution in [1.82, 2.24) is 10.3 Å². The molecule has 0 aliphatic rings. The minimum Gasteiger partial charge on any atom is -0.404 e. The number of hydrogen-bond acceptors (Lipinski definition) is 5. The van der Waals surface area contributed by atoms with E-state index < -0.39 is 0 Å². The summed E-state index contributed by atoms with van der Waals surface area (Å²) in [6.45, 7) is 2.00. The second-order valence-electron chi connectivity index (χ2n) is 5.51. The highest BCUT2D eigenvalue weighted by molar-refractivity contribution is 5.93. The van der Waals surface area contributed by atoms with Gasteiger partial charge in [0.2, 0.25) is 0 Å². The van der Waals surface area contributed by atoms with Gasteiger partial charge in [0.25, 0.3) is 5.91 Å². The predicted molar refractivity (Wildman–Crippen MR) is 103 cm³/mol. The molecule has 0 saturated carbocycles. The third-order valence-electron chi connectivity index (χ3n) is 3.88. The van der Waals surface area contributed by atoms with Crippen LogP contribution in [0.15, 0.2) is 48.8 Å². The first-order valence-corrected chi connectivity index (χ1v) is 7.86. The van der Waals surface area contributed by atoms with Crippen molar-refractivity contribution in [1.29, 1.82) is 0 Å². The van der Waals surface area contributed by atoms with Crippen molar-refractivity contribution in [3.05, 3.63) is 71.2 Å². The molecule has 1 aromatic heterocycles. The van der Waals surface area contributed by atoms with E-state index in [-0.39, 0.29) is 5.91 Å². The third-order valence-corrected chi connectivity index (χ3v) is 3.88. The number of aryl methyl sites for hydroxylation is 1. The Morgan fingerprint density at radius 2 is 1.96 bits per heavy atom. The average molecular weight is 337 g/mol. The molecule has 0 atom stereocenters. The highest BCUT2D eigenvalue weighted by atomic mass is 16.1. The van der Waals surface area contributed by atoms with Crippen molar-refractivity contribution in [3.8, 4) is 0 Å². The number of anilines is 1. The minimum atomic E-state index is -0.257. The molecule has 2 rings (SSSR count). The first kappa shape index (κ1) is 18.1. The largest absolute Gasteiger partial charge is 0.404 e. The number of benzene rings is 1. The van der Waals surface area contributed by atoms with E-state index in [1.54, 1.807) is 31.5 Å². The molecule has 6 heteroatoms. The number of nitrogens with two attached hydrogens (primary N) is 2. The lowest BCUT2D eigenvalue weighted by atomic mass is 10.0. The Hall–Kier alpha value is -3.28. The molecule has 0 radical (unpaired) electrons. The summed E-state index contributed by atoms with van der Waals surface area (Å²) in [5.74, 6) is -0.257. The van der Waals surface area contributed by atoms with E-state index in [1.807, 2.05) is 32.2 Å². The van der Waals surface area contributed by atoms with Crippen LogP contribution >= 0.6 is 0 Å². The fourth-order valence-electron chi connectivity index (χ4n) is 2.42. The first-order valence-electron chi connectivity index (χ1n) is 7.86. The van der Waals surface area contributed by atoms with E-state index in [4.69, 9.17) is 11.5 Å². The number of hydrogen-bond donors (Lipinski definition) is 4. The molecule has 130 valence electrons. The zero-order chi connectivity index (χ0) is 18.4. The van der Waals surface area contributed by atoms with Crippen LogP contribution in [0, 0.1) is 6.92 Å². The summed E-state index contributed by atoms with van der Waals surface area (Å²) in [6.07, 6.45) is 4.83. The van der Waals surface area contributed by atoms with Crippen LogP contribution < -0.4 is 22.1 Å². The molecule has 6 nitrogen and oxygen atoms in total. The molecule has 0 spiro atoms. The molecule has 1 amide bonds. The zero-order valence-electron chi connectivity index (χ0n) is 14.6. The summed E-state index contributed by atoms with van der Waals surface area (Å²) in [5, 5.41) is 5.65. The van der Waals surface area contributed by atoms with Crippen LogP contribution in [0.25, 0.3) is 11.3 Å². The molecule has 1 aromatic carbocycles. The maximum Gasteiger partial charge on any atom is 0.269 e. The highest BCUT2D eigenvalue weighted by Crippen LogP contribution is 2.23. The minimum absolute atomic E-state index is 0.257. The van der Waals surface area contributed by atoms with Gasteiger partial charge in [-0.15, -0.1) is 0 Å². The van der Waals surface area contributed by atoms with Crippen LogP contribution in [0.2, 0.25) is 0 Å². The first-order chi connectivity index (χ1) is 12.0. The number of aromatic nitrogens is 1. The predicted octanol–water partition coefficient (Wildman–Crippen LogP) is 2.09. The lowest BCUT2D eigenvalue weighted by Crippen LogP contribution is -2.19. The van der Waals surface area contributed by atoms with Crippen LogP contribution in [0.1, 0.15) is 27.2 Å². The van der Waals surface area contributed by atoms with Crippen molar-refractivity contribution in [3.63, 3.8) is 0 Å². The number of carbonyl (C=O) groups is 1. The summed E-state index contributed by atoms with van der Waals surface area (Å²) < 4.78 is 0. The number of pyridine rings is 1. The Morgan fingerprint density at radius 3 is 2.60 bits per heavy atom. The molecule has 1 heterocycles. The third kappa shape index (κ3) is 4.17. The van der Waals surface area contributed by atoms with Crippen molar-refractivity contribution >= 4 is 22.9 Å². The van der Waals surface area contributed by atoms with Gasteiger partial charge in [0, 0.05) is 43.4 Å². The van der Waals surface area contributed by atoms with E-state index in [2.05, 4.69) is 15.6 Å². The van der Waals surface area contributed by atoms with Crippen LogP contribution in [-0.4, -0.2) is 25.0 Å². The van der Waals surface area contributed by atoms with E-state index in [0.717, 1.165) is 22.4 Å². The summed E-state index contributed by atoms with van der Waals surface area (Å²) in [7, 11) is 3.42.